The van der Waals surface area contributed by atoms with Gasteiger partial charge in [0.25, 0.3) is 0 Å². The van der Waals surface area contributed by atoms with E-state index in [2.05, 4.69) is 24.5 Å². The molecule has 0 rings (SSSR count). The topological polar surface area (TPSA) is 61.4 Å². The van der Waals surface area contributed by atoms with E-state index in [1.165, 1.54) is 0 Å². The monoisotopic (exact) mass is 228 g/mol. The molecule has 0 saturated carbocycles. The molecule has 0 saturated heterocycles. The highest BCUT2D eigenvalue weighted by Gasteiger charge is 1.99. The first-order valence-electron chi connectivity index (χ1n) is 5.89. The summed E-state index contributed by atoms with van der Waals surface area (Å²) in [5.41, 5.74) is 1.15. The average Bonchev–Trinajstić information content (AvgIpc) is 2.25. The molecule has 94 valence electrons. The number of hydrogen-bond acceptors (Lipinski definition) is 2. The van der Waals surface area contributed by atoms with Crippen LogP contribution in [0.2, 0.25) is 0 Å². The van der Waals surface area contributed by atoms with E-state index in [9.17, 15) is 4.79 Å². The van der Waals surface area contributed by atoms with Crippen LogP contribution < -0.4 is 10.6 Å². The van der Waals surface area contributed by atoms with Crippen LogP contribution in [0, 0.1) is 5.92 Å². The van der Waals surface area contributed by atoms with Crippen molar-refractivity contribution in [3.05, 3.63) is 11.8 Å². The summed E-state index contributed by atoms with van der Waals surface area (Å²) < 4.78 is 0. The minimum Gasteiger partial charge on any atom is -0.396 e. The van der Waals surface area contributed by atoms with E-state index < -0.39 is 0 Å². The zero-order valence-corrected chi connectivity index (χ0v) is 10.5. The Hall–Kier alpha value is -1.03. The van der Waals surface area contributed by atoms with E-state index in [1.807, 2.05) is 6.92 Å². The Balaban J connectivity index is 3.56. The van der Waals surface area contributed by atoms with Crippen molar-refractivity contribution in [2.45, 2.75) is 40.0 Å². The molecule has 0 aliphatic carbocycles. The van der Waals surface area contributed by atoms with Crippen molar-refractivity contribution in [2.75, 3.05) is 13.2 Å². The number of nitrogens with one attached hydrogen (secondary N) is 2. The third-order valence-electron chi connectivity index (χ3n) is 2.46. The van der Waals surface area contributed by atoms with Crippen molar-refractivity contribution in [2.24, 2.45) is 5.92 Å². The quantitative estimate of drug-likeness (QED) is 0.584. The molecular weight excluding hydrogens is 204 g/mol. The molecule has 0 heterocycles. The van der Waals surface area contributed by atoms with Crippen LogP contribution in [0.4, 0.5) is 4.79 Å². The summed E-state index contributed by atoms with van der Waals surface area (Å²) in [5, 5.41) is 14.0. The lowest BCUT2D eigenvalue weighted by Gasteiger charge is -2.07. The predicted octanol–water partition coefficient (Wildman–Crippen LogP) is 2.01. The van der Waals surface area contributed by atoms with Crippen LogP contribution >= 0.6 is 0 Å². The number of hydrogen-bond donors (Lipinski definition) is 3. The molecular formula is C12H24N2O2. The van der Waals surface area contributed by atoms with Crippen molar-refractivity contribution >= 4 is 6.03 Å². The number of carbonyl (C=O) groups excluding carboxylic acids is 1. The lowest BCUT2D eigenvalue weighted by molar-refractivity contribution is 0.243. The second-order valence-corrected chi connectivity index (χ2v) is 4.23. The Labute approximate surface area is 98.1 Å². The molecule has 0 bridgehead atoms. The Morgan fingerprint density at radius 2 is 2.00 bits per heavy atom. The van der Waals surface area contributed by atoms with Crippen LogP contribution in [0.3, 0.4) is 0 Å². The van der Waals surface area contributed by atoms with E-state index in [4.69, 9.17) is 5.11 Å². The number of amides is 2. The molecule has 0 fully saturated rings. The molecule has 4 heteroatoms. The van der Waals surface area contributed by atoms with Gasteiger partial charge in [0.05, 0.1) is 0 Å². The summed E-state index contributed by atoms with van der Waals surface area (Å²) >= 11 is 0. The fourth-order valence-corrected chi connectivity index (χ4v) is 1.01. The van der Waals surface area contributed by atoms with Gasteiger partial charge in [0.1, 0.15) is 0 Å². The first-order chi connectivity index (χ1) is 7.57. The SMILES string of the molecule is C/C(=C\NC(=O)NCCCCCO)C(C)C. The van der Waals surface area contributed by atoms with Gasteiger partial charge in [0, 0.05) is 19.4 Å². The summed E-state index contributed by atoms with van der Waals surface area (Å²) in [5.74, 6) is 0.449. The minimum absolute atomic E-state index is 0.163. The van der Waals surface area contributed by atoms with Crippen LogP contribution in [-0.4, -0.2) is 24.3 Å². The maximum atomic E-state index is 11.3. The average molecular weight is 228 g/mol. The predicted molar refractivity (Wildman–Crippen MR) is 66.1 cm³/mol. The molecule has 0 spiro atoms. The maximum Gasteiger partial charge on any atom is 0.318 e. The van der Waals surface area contributed by atoms with Gasteiger partial charge in [-0.2, -0.15) is 0 Å². The van der Waals surface area contributed by atoms with Gasteiger partial charge >= 0.3 is 6.03 Å². The molecule has 2 amide bonds. The maximum absolute atomic E-state index is 11.3. The third kappa shape index (κ3) is 8.29. The Morgan fingerprint density at radius 3 is 2.56 bits per heavy atom. The second kappa shape index (κ2) is 9.21. The van der Waals surface area contributed by atoms with Crippen LogP contribution in [-0.2, 0) is 0 Å². The van der Waals surface area contributed by atoms with Crippen LogP contribution in [0.15, 0.2) is 11.8 Å². The highest BCUT2D eigenvalue weighted by molar-refractivity contribution is 5.74. The van der Waals surface area contributed by atoms with Gasteiger partial charge in [-0.15, -0.1) is 0 Å². The largest absolute Gasteiger partial charge is 0.396 e. The molecule has 0 aromatic carbocycles. The van der Waals surface area contributed by atoms with E-state index in [1.54, 1.807) is 6.20 Å². The Morgan fingerprint density at radius 1 is 1.31 bits per heavy atom. The highest BCUT2D eigenvalue weighted by atomic mass is 16.2. The van der Waals surface area contributed by atoms with Crippen molar-refractivity contribution < 1.29 is 9.90 Å². The summed E-state index contributed by atoms with van der Waals surface area (Å²) in [6.45, 7) is 7.04. The molecule has 0 aromatic heterocycles. The van der Waals surface area contributed by atoms with E-state index in [0.717, 1.165) is 24.8 Å². The van der Waals surface area contributed by atoms with Gasteiger partial charge in [-0.1, -0.05) is 19.4 Å². The van der Waals surface area contributed by atoms with E-state index in [0.29, 0.717) is 12.5 Å². The lowest BCUT2D eigenvalue weighted by Crippen LogP contribution is -2.33. The molecule has 0 aliphatic heterocycles. The first-order valence-corrected chi connectivity index (χ1v) is 5.89. The van der Waals surface area contributed by atoms with Crippen molar-refractivity contribution in [3.63, 3.8) is 0 Å². The summed E-state index contributed by atoms with van der Waals surface area (Å²) in [4.78, 5) is 11.3. The van der Waals surface area contributed by atoms with Gasteiger partial charge < -0.3 is 15.7 Å². The highest BCUT2D eigenvalue weighted by Crippen LogP contribution is 2.05. The number of aliphatic hydroxyl groups is 1. The number of urea groups is 1. The minimum atomic E-state index is -0.163. The van der Waals surface area contributed by atoms with Crippen molar-refractivity contribution in [1.29, 1.82) is 0 Å². The zero-order valence-electron chi connectivity index (χ0n) is 10.5. The van der Waals surface area contributed by atoms with Crippen molar-refractivity contribution in [1.82, 2.24) is 10.6 Å². The number of rotatable bonds is 7. The van der Waals surface area contributed by atoms with Gasteiger partial charge in [0.2, 0.25) is 0 Å². The first kappa shape index (κ1) is 15.0. The smallest absolute Gasteiger partial charge is 0.318 e. The van der Waals surface area contributed by atoms with Crippen LogP contribution in [0.5, 0.6) is 0 Å². The second-order valence-electron chi connectivity index (χ2n) is 4.23. The van der Waals surface area contributed by atoms with Crippen LogP contribution in [0.1, 0.15) is 40.0 Å². The molecule has 0 radical (unpaired) electrons. The number of allylic oxidation sites excluding steroid dienone is 1. The summed E-state index contributed by atoms with van der Waals surface area (Å²) in [6, 6.07) is -0.163. The number of aliphatic hydroxyl groups excluding tert-OH is 1. The molecule has 0 aromatic rings. The molecule has 3 N–H and O–H groups in total. The fourth-order valence-electron chi connectivity index (χ4n) is 1.01. The fraction of sp³-hybridized carbons (Fsp3) is 0.750. The van der Waals surface area contributed by atoms with Crippen molar-refractivity contribution in [3.8, 4) is 0 Å². The standard InChI is InChI=1S/C12H24N2O2/c1-10(2)11(3)9-14-12(16)13-7-5-4-6-8-15/h9-10,15H,4-8H2,1-3H3,(H2,13,14,16)/b11-9+. The van der Waals surface area contributed by atoms with Gasteiger partial charge in [0.15, 0.2) is 0 Å². The number of carbonyl (C=O) groups is 1. The van der Waals surface area contributed by atoms with E-state index >= 15 is 0 Å². The molecule has 16 heavy (non-hydrogen) atoms. The lowest BCUT2D eigenvalue weighted by atomic mass is 10.1. The normalized spacial score (nSPS) is 11.7. The molecule has 0 atom stereocenters. The molecule has 4 nitrogen and oxygen atoms in total. The Kier molecular flexibility index (Phi) is 8.62. The Bertz CT molecular complexity index is 225. The van der Waals surface area contributed by atoms with Gasteiger partial charge in [-0.25, -0.2) is 4.79 Å². The van der Waals surface area contributed by atoms with Gasteiger partial charge in [-0.3, -0.25) is 0 Å². The molecule has 0 unspecified atom stereocenters. The number of unbranched alkanes of at least 4 members (excludes halogenated alkanes) is 2. The summed E-state index contributed by atoms with van der Waals surface area (Å²) in [7, 11) is 0. The molecule has 0 aliphatic rings. The van der Waals surface area contributed by atoms with E-state index in [-0.39, 0.29) is 12.6 Å². The van der Waals surface area contributed by atoms with Gasteiger partial charge in [-0.05, 0) is 32.1 Å². The zero-order chi connectivity index (χ0) is 12.4. The van der Waals surface area contributed by atoms with Crippen LogP contribution in [0.25, 0.3) is 0 Å². The third-order valence-corrected chi connectivity index (χ3v) is 2.46. The summed E-state index contributed by atoms with van der Waals surface area (Å²) in [6.07, 6.45) is 4.39.